The van der Waals surface area contributed by atoms with Crippen LogP contribution in [0, 0.1) is 6.92 Å². The third kappa shape index (κ3) is 3.32. The number of carbonyl (C=O) groups excluding carboxylic acids is 1. The van der Waals surface area contributed by atoms with E-state index in [4.69, 9.17) is 9.26 Å². The van der Waals surface area contributed by atoms with Gasteiger partial charge in [0.1, 0.15) is 5.56 Å². The lowest BCUT2D eigenvalue weighted by molar-refractivity contribution is -0.137. The molecule has 3 aromatic rings. The second-order valence-corrected chi connectivity index (χ2v) is 5.42. The largest absolute Gasteiger partial charge is 0.462 e. The van der Waals surface area contributed by atoms with Gasteiger partial charge in [-0.15, -0.1) is 0 Å². The van der Waals surface area contributed by atoms with Crippen LogP contribution >= 0.6 is 0 Å². The van der Waals surface area contributed by atoms with Gasteiger partial charge >= 0.3 is 12.1 Å². The SMILES string of the molecule is CCOC(=O)c1cnc2onc(C)c2c1Nc1cccc(C(F)(F)F)c1. The van der Waals surface area contributed by atoms with E-state index in [1.165, 1.54) is 18.3 Å². The molecule has 26 heavy (non-hydrogen) atoms. The van der Waals surface area contributed by atoms with Gasteiger partial charge in [-0.25, -0.2) is 9.78 Å². The zero-order valence-electron chi connectivity index (χ0n) is 13.8. The second kappa shape index (κ2) is 6.66. The summed E-state index contributed by atoms with van der Waals surface area (Å²) in [5.74, 6) is -0.656. The first-order valence-corrected chi connectivity index (χ1v) is 7.67. The Kier molecular flexibility index (Phi) is 4.54. The number of aromatic nitrogens is 2. The van der Waals surface area contributed by atoms with Crippen LogP contribution in [-0.4, -0.2) is 22.7 Å². The molecule has 0 amide bonds. The minimum absolute atomic E-state index is 0.0723. The monoisotopic (exact) mass is 365 g/mol. The van der Waals surface area contributed by atoms with Crippen molar-refractivity contribution in [2.24, 2.45) is 0 Å². The molecular formula is C17H14F3N3O3. The molecule has 0 spiro atoms. The van der Waals surface area contributed by atoms with E-state index >= 15 is 0 Å². The number of carbonyl (C=O) groups is 1. The zero-order valence-corrected chi connectivity index (χ0v) is 13.8. The average molecular weight is 365 g/mol. The first-order chi connectivity index (χ1) is 12.3. The number of nitrogens with one attached hydrogen (secondary N) is 1. The normalized spacial score (nSPS) is 11.6. The quantitative estimate of drug-likeness (QED) is 0.688. The third-order valence-corrected chi connectivity index (χ3v) is 3.63. The molecule has 1 aromatic carbocycles. The number of nitrogens with zero attached hydrogens (tertiary/aromatic N) is 2. The number of benzene rings is 1. The van der Waals surface area contributed by atoms with Crippen LogP contribution in [0.1, 0.15) is 28.5 Å². The van der Waals surface area contributed by atoms with E-state index in [2.05, 4.69) is 15.5 Å². The van der Waals surface area contributed by atoms with E-state index in [9.17, 15) is 18.0 Å². The molecule has 0 atom stereocenters. The number of esters is 1. The Morgan fingerprint density at radius 1 is 1.35 bits per heavy atom. The van der Waals surface area contributed by atoms with Crippen LogP contribution in [0.25, 0.3) is 11.1 Å². The minimum Gasteiger partial charge on any atom is -0.462 e. The van der Waals surface area contributed by atoms with E-state index in [-0.39, 0.29) is 29.3 Å². The van der Waals surface area contributed by atoms with Crippen LogP contribution in [0.15, 0.2) is 35.0 Å². The maximum atomic E-state index is 12.9. The topological polar surface area (TPSA) is 77.2 Å². The lowest BCUT2D eigenvalue weighted by Gasteiger charge is -2.14. The Morgan fingerprint density at radius 2 is 2.12 bits per heavy atom. The van der Waals surface area contributed by atoms with Crippen LogP contribution in [0.2, 0.25) is 0 Å². The fraction of sp³-hybridized carbons (Fsp3) is 0.235. The van der Waals surface area contributed by atoms with E-state index in [0.29, 0.717) is 11.1 Å². The molecule has 0 saturated carbocycles. The van der Waals surface area contributed by atoms with Gasteiger partial charge < -0.3 is 14.6 Å². The van der Waals surface area contributed by atoms with E-state index in [1.54, 1.807) is 13.8 Å². The highest BCUT2D eigenvalue weighted by atomic mass is 19.4. The molecule has 3 rings (SSSR count). The summed E-state index contributed by atoms with van der Waals surface area (Å²) in [6.07, 6.45) is -3.25. The van der Waals surface area contributed by atoms with Crippen LogP contribution in [0.5, 0.6) is 0 Å². The highest BCUT2D eigenvalue weighted by molar-refractivity contribution is 6.05. The molecule has 0 unspecified atom stereocenters. The Balaban J connectivity index is 2.12. The first-order valence-electron chi connectivity index (χ1n) is 7.67. The molecule has 6 nitrogen and oxygen atoms in total. The number of anilines is 2. The van der Waals surface area contributed by atoms with Crippen molar-refractivity contribution in [1.29, 1.82) is 0 Å². The lowest BCUT2D eigenvalue weighted by Crippen LogP contribution is -2.10. The highest BCUT2D eigenvalue weighted by Gasteiger charge is 2.30. The molecule has 2 aromatic heterocycles. The first kappa shape index (κ1) is 17.7. The van der Waals surface area contributed by atoms with Gasteiger partial charge in [-0.2, -0.15) is 13.2 Å². The van der Waals surface area contributed by atoms with Crippen molar-refractivity contribution in [2.45, 2.75) is 20.0 Å². The van der Waals surface area contributed by atoms with Gasteiger partial charge in [0.05, 0.1) is 28.9 Å². The highest BCUT2D eigenvalue weighted by Crippen LogP contribution is 2.34. The van der Waals surface area contributed by atoms with Gasteiger partial charge in [0.15, 0.2) is 0 Å². The number of alkyl halides is 3. The number of ether oxygens (including phenoxy) is 1. The summed E-state index contributed by atoms with van der Waals surface area (Å²) in [5, 5.41) is 7.04. The van der Waals surface area contributed by atoms with Gasteiger partial charge in [0.25, 0.3) is 5.71 Å². The van der Waals surface area contributed by atoms with Gasteiger partial charge in [-0.05, 0) is 32.0 Å². The van der Waals surface area contributed by atoms with Crippen molar-refractivity contribution in [3.8, 4) is 0 Å². The number of halogens is 3. The third-order valence-electron chi connectivity index (χ3n) is 3.63. The molecular weight excluding hydrogens is 351 g/mol. The zero-order chi connectivity index (χ0) is 18.9. The van der Waals surface area contributed by atoms with Crippen LogP contribution < -0.4 is 5.32 Å². The van der Waals surface area contributed by atoms with Crippen LogP contribution in [0.4, 0.5) is 24.5 Å². The van der Waals surface area contributed by atoms with Crippen molar-refractivity contribution in [1.82, 2.24) is 10.1 Å². The van der Waals surface area contributed by atoms with Crippen molar-refractivity contribution in [3.63, 3.8) is 0 Å². The number of hydrogen-bond donors (Lipinski definition) is 1. The summed E-state index contributed by atoms with van der Waals surface area (Å²) in [5.41, 5.74) is 0.235. The smallest absolute Gasteiger partial charge is 0.416 e. The summed E-state index contributed by atoms with van der Waals surface area (Å²) in [4.78, 5) is 16.2. The molecule has 0 aliphatic carbocycles. The summed E-state index contributed by atoms with van der Waals surface area (Å²) >= 11 is 0. The standard InChI is InChI=1S/C17H14F3N3O3/c1-3-25-16(24)12-8-21-15-13(9(2)23-26-15)14(12)22-11-6-4-5-10(7-11)17(18,19)20/h4-8H,3H2,1-2H3,(H,21,22). The fourth-order valence-electron chi connectivity index (χ4n) is 2.47. The molecule has 2 heterocycles. The van der Waals surface area contributed by atoms with Gasteiger partial charge in [-0.1, -0.05) is 11.2 Å². The summed E-state index contributed by atoms with van der Waals surface area (Å²) in [7, 11) is 0. The number of aryl methyl sites for hydroxylation is 1. The molecule has 0 saturated heterocycles. The molecule has 0 aliphatic heterocycles. The predicted molar refractivity (Wildman–Crippen MR) is 87.2 cm³/mol. The van der Waals surface area contributed by atoms with Gasteiger partial charge in [-0.3, -0.25) is 0 Å². The average Bonchev–Trinajstić information content (AvgIpc) is 2.96. The van der Waals surface area contributed by atoms with Crippen molar-refractivity contribution in [3.05, 3.63) is 47.3 Å². The molecule has 136 valence electrons. The maximum absolute atomic E-state index is 12.9. The molecule has 9 heteroatoms. The van der Waals surface area contributed by atoms with Crippen molar-refractivity contribution < 1.29 is 27.2 Å². The van der Waals surface area contributed by atoms with E-state index in [1.807, 2.05) is 0 Å². The Labute approximate surface area is 146 Å². The molecule has 0 radical (unpaired) electrons. The van der Waals surface area contributed by atoms with E-state index < -0.39 is 17.7 Å². The number of fused-ring (bicyclic) bond motifs is 1. The van der Waals surface area contributed by atoms with Crippen molar-refractivity contribution >= 4 is 28.4 Å². The fourth-order valence-corrected chi connectivity index (χ4v) is 2.47. The molecule has 1 N–H and O–H groups in total. The Bertz CT molecular complexity index is 967. The lowest BCUT2D eigenvalue weighted by atomic mass is 10.1. The summed E-state index contributed by atoms with van der Waals surface area (Å²) in [6.45, 7) is 3.43. The second-order valence-electron chi connectivity index (χ2n) is 5.42. The maximum Gasteiger partial charge on any atom is 0.416 e. The predicted octanol–water partition coefficient (Wildman–Crippen LogP) is 4.47. The van der Waals surface area contributed by atoms with Crippen LogP contribution in [0.3, 0.4) is 0 Å². The number of rotatable bonds is 4. The van der Waals surface area contributed by atoms with Gasteiger partial charge in [0.2, 0.25) is 0 Å². The Hall–Kier alpha value is -3.10. The van der Waals surface area contributed by atoms with Gasteiger partial charge in [0, 0.05) is 11.9 Å². The Morgan fingerprint density at radius 3 is 2.81 bits per heavy atom. The molecule has 0 bridgehead atoms. The molecule has 0 aliphatic rings. The minimum atomic E-state index is -4.48. The van der Waals surface area contributed by atoms with Crippen LogP contribution in [-0.2, 0) is 10.9 Å². The summed E-state index contributed by atoms with van der Waals surface area (Å²) < 4.78 is 48.9. The molecule has 0 fully saturated rings. The van der Waals surface area contributed by atoms with E-state index in [0.717, 1.165) is 12.1 Å². The number of hydrogen-bond acceptors (Lipinski definition) is 6. The number of pyridine rings is 1. The van der Waals surface area contributed by atoms with Crippen molar-refractivity contribution in [2.75, 3.05) is 11.9 Å². The summed E-state index contributed by atoms with van der Waals surface area (Å²) in [6, 6.07) is 4.64.